The average molecular weight is 250 g/mol. The van der Waals surface area contributed by atoms with Gasteiger partial charge in [-0.15, -0.1) is 0 Å². The second kappa shape index (κ2) is 5.59. The van der Waals surface area contributed by atoms with E-state index >= 15 is 0 Å². The van der Waals surface area contributed by atoms with Crippen LogP contribution in [0.1, 0.15) is 25.5 Å². The van der Waals surface area contributed by atoms with E-state index in [0.29, 0.717) is 12.6 Å². The largest absolute Gasteiger partial charge is 0.508 e. The molecule has 0 spiro atoms. The third kappa shape index (κ3) is 2.94. The minimum Gasteiger partial charge on any atom is -0.508 e. The molecule has 1 unspecified atom stereocenters. The Morgan fingerprint density at radius 1 is 1.50 bits per heavy atom. The van der Waals surface area contributed by atoms with Crippen LogP contribution in [0, 0.1) is 0 Å². The standard InChI is InChI=1S/C14H22N2O2/c1-10(2)16(3)7-6-15-13-9-18-14-8-11(17)4-5-12(13)14/h4-5,8,10,13,15,17H,6-7,9H2,1-3H3. The van der Waals surface area contributed by atoms with E-state index in [1.165, 1.54) is 0 Å². The minimum absolute atomic E-state index is 0.237. The molecule has 2 rings (SSSR count). The van der Waals surface area contributed by atoms with E-state index < -0.39 is 0 Å². The molecule has 0 radical (unpaired) electrons. The summed E-state index contributed by atoms with van der Waals surface area (Å²) < 4.78 is 5.56. The van der Waals surface area contributed by atoms with Gasteiger partial charge in [0, 0.05) is 30.8 Å². The topological polar surface area (TPSA) is 44.7 Å². The Morgan fingerprint density at radius 3 is 3.00 bits per heavy atom. The number of aromatic hydroxyl groups is 1. The van der Waals surface area contributed by atoms with E-state index in [4.69, 9.17) is 4.74 Å². The Hall–Kier alpha value is -1.26. The zero-order valence-corrected chi connectivity index (χ0v) is 11.3. The Morgan fingerprint density at radius 2 is 2.28 bits per heavy atom. The molecule has 2 N–H and O–H groups in total. The lowest BCUT2D eigenvalue weighted by molar-refractivity contribution is 0.259. The molecule has 0 saturated heterocycles. The van der Waals surface area contributed by atoms with Gasteiger partial charge in [0.05, 0.1) is 6.04 Å². The highest BCUT2D eigenvalue weighted by molar-refractivity contribution is 5.44. The average Bonchev–Trinajstić information content (AvgIpc) is 2.71. The van der Waals surface area contributed by atoms with Crippen molar-refractivity contribution >= 4 is 0 Å². The molecule has 0 aromatic heterocycles. The summed E-state index contributed by atoms with van der Waals surface area (Å²) >= 11 is 0. The number of nitrogens with one attached hydrogen (secondary N) is 1. The second-order valence-corrected chi connectivity index (χ2v) is 5.11. The molecule has 100 valence electrons. The summed E-state index contributed by atoms with van der Waals surface area (Å²) in [6.07, 6.45) is 0. The molecule has 4 nitrogen and oxygen atoms in total. The zero-order valence-electron chi connectivity index (χ0n) is 11.3. The summed E-state index contributed by atoms with van der Waals surface area (Å²) in [4.78, 5) is 2.31. The lowest BCUT2D eigenvalue weighted by atomic mass is 10.1. The number of benzene rings is 1. The molecule has 1 aromatic carbocycles. The molecule has 18 heavy (non-hydrogen) atoms. The minimum atomic E-state index is 0.237. The summed E-state index contributed by atoms with van der Waals surface area (Å²) in [6.45, 7) is 6.97. The number of hydrogen-bond acceptors (Lipinski definition) is 4. The van der Waals surface area contributed by atoms with Crippen LogP contribution in [0.2, 0.25) is 0 Å². The molecule has 0 fully saturated rings. The van der Waals surface area contributed by atoms with Crippen molar-refractivity contribution < 1.29 is 9.84 Å². The first kappa shape index (κ1) is 13.2. The first-order valence-corrected chi connectivity index (χ1v) is 6.47. The number of phenols is 1. The van der Waals surface area contributed by atoms with Crippen LogP contribution in [0.15, 0.2) is 18.2 Å². The Bertz CT molecular complexity index is 407. The molecule has 0 aliphatic carbocycles. The quantitative estimate of drug-likeness (QED) is 0.836. The van der Waals surface area contributed by atoms with Crippen molar-refractivity contribution in [1.82, 2.24) is 10.2 Å². The van der Waals surface area contributed by atoms with Gasteiger partial charge in [0.2, 0.25) is 0 Å². The van der Waals surface area contributed by atoms with Crippen molar-refractivity contribution in [2.45, 2.75) is 25.9 Å². The lowest BCUT2D eigenvalue weighted by Crippen LogP contribution is -2.35. The maximum Gasteiger partial charge on any atom is 0.127 e. The fraction of sp³-hybridized carbons (Fsp3) is 0.571. The molecule has 4 heteroatoms. The molecule has 1 atom stereocenters. The summed E-state index contributed by atoms with van der Waals surface area (Å²) in [5, 5.41) is 12.9. The van der Waals surface area contributed by atoms with Gasteiger partial charge in [0.15, 0.2) is 0 Å². The van der Waals surface area contributed by atoms with Crippen LogP contribution in [-0.4, -0.2) is 42.8 Å². The van der Waals surface area contributed by atoms with E-state index in [1.807, 2.05) is 6.07 Å². The predicted octanol–water partition coefficient (Wildman–Crippen LogP) is 1.76. The fourth-order valence-corrected chi connectivity index (χ4v) is 2.04. The molecule has 1 heterocycles. The molecular formula is C14H22N2O2. The zero-order chi connectivity index (χ0) is 13.1. The van der Waals surface area contributed by atoms with Crippen LogP contribution in [0.25, 0.3) is 0 Å². The van der Waals surface area contributed by atoms with Crippen molar-refractivity contribution in [1.29, 1.82) is 0 Å². The second-order valence-electron chi connectivity index (χ2n) is 5.11. The SMILES string of the molecule is CC(C)N(C)CCNC1COc2cc(O)ccc21. The van der Waals surface area contributed by atoms with Crippen LogP contribution in [0.4, 0.5) is 0 Å². The van der Waals surface area contributed by atoms with Crippen molar-refractivity contribution in [3.8, 4) is 11.5 Å². The number of rotatable bonds is 5. The monoisotopic (exact) mass is 250 g/mol. The predicted molar refractivity (Wildman–Crippen MR) is 72.1 cm³/mol. The van der Waals surface area contributed by atoms with E-state index in [1.54, 1.807) is 12.1 Å². The van der Waals surface area contributed by atoms with Gasteiger partial charge < -0.3 is 20.1 Å². The number of fused-ring (bicyclic) bond motifs is 1. The summed E-state index contributed by atoms with van der Waals surface area (Å²) in [7, 11) is 2.13. The Kier molecular flexibility index (Phi) is 4.09. The summed E-state index contributed by atoms with van der Waals surface area (Å²) in [6, 6.07) is 6.12. The highest BCUT2D eigenvalue weighted by Crippen LogP contribution is 2.34. The van der Waals surface area contributed by atoms with Crippen molar-refractivity contribution in [3.63, 3.8) is 0 Å². The number of nitrogens with zero attached hydrogens (tertiary/aromatic N) is 1. The highest BCUT2D eigenvalue weighted by atomic mass is 16.5. The van der Waals surface area contributed by atoms with Crippen molar-refractivity contribution in [2.75, 3.05) is 26.7 Å². The molecule has 0 bridgehead atoms. The van der Waals surface area contributed by atoms with Crippen LogP contribution in [0.3, 0.4) is 0 Å². The van der Waals surface area contributed by atoms with E-state index in [-0.39, 0.29) is 11.8 Å². The van der Waals surface area contributed by atoms with Crippen molar-refractivity contribution in [3.05, 3.63) is 23.8 Å². The third-order valence-corrected chi connectivity index (χ3v) is 3.51. The van der Waals surface area contributed by atoms with Gasteiger partial charge in [-0.2, -0.15) is 0 Å². The van der Waals surface area contributed by atoms with Crippen LogP contribution >= 0.6 is 0 Å². The number of phenolic OH excluding ortho intramolecular Hbond substituents is 1. The fourth-order valence-electron chi connectivity index (χ4n) is 2.04. The molecule has 0 amide bonds. The molecule has 1 aliphatic heterocycles. The van der Waals surface area contributed by atoms with Gasteiger partial charge in [0.1, 0.15) is 18.1 Å². The first-order valence-electron chi connectivity index (χ1n) is 6.47. The van der Waals surface area contributed by atoms with Gasteiger partial charge in [0.25, 0.3) is 0 Å². The molecule has 1 aliphatic rings. The van der Waals surface area contributed by atoms with Gasteiger partial charge in [-0.1, -0.05) is 0 Å². The molecular weight excluding hydrogens is 228 g/mol. The van der Waals surface area contributed by atoms with Crippen LogP contribution in [-0.2, 0) is 0 Å². The van der Waals surface area contributed by atoms with Gasteiger partial charge in [-0.05, 0) is 33.0 Å². The molecule has 0 saturated carbocycles. The van der Waals surface area contributed by atoms with Crippen molar-refractivity contribution in [2.24, 2.45) is 0 Å². The van der Waals surface area contributed by atoms with Crippen LogP contribution in [0.5, 0.6) is 11.5 Å². The molecule has 1 aromatic rings. The summed E-state index contributed by atoms with van der Waals surface area (Å²) in [5.41, 5.74) is 1.14. The lowest BCUT2D eigenvalue weighted by Gasteiger charge is -2.22. The maximum absolute atomic E-state index is 9.39. The smallest absolute Gasteiger partial charge is 0.127 e. The van der Waals surface area contributed by atoms with E-state index in [0.717, 1.165) is 24.4 Å². The highest BCUT2D eigenvalue weighted by Gasteiger charge is 2.23. The number of likely N-dealkylation sites (N-methyl/N-ethyl adjacent to an activating group) is 1. The first-order chi connectivity index (χ1) is 8.58. The third-order valence-electron chi connectivity index (χ3n) is 3.51. The number of hydrogen-bond donors (Lipinski definition) is 2. The van der Waals surface area contributed by atoms with Gasteiger partial charge >= 0.3 is 0 Å². The van der Waals surface area contributed by atoms with Gasteiger partial charge in [-0.25, -0.2) is 0 Å². The Labute approximate surface area is 109 Å². The van der Waals surface area contributed by atoms with Gasteiger partial charge in [-0.3, -0.25) is 0 Å². The maximum atomic E-state index is 9.39. The van der Waals surface area contributed by atoms with Crippen LogP contribution < -0.4 is 10.1 Å². The Balaban J connectivity index is 1.86. The number of ether oxygens (including phenoxy) is 1. The van der Waals surface area contributed by atoms with E-state index in [9.17, 15) is 5.11 Å². The van der Waals surface area contributed by atoms with E-state index in [2.05, 4.69) is 31.1 Å². The normalized spacial score (nSPS) is 18.2. The summed E-state index contributed by atoms with van der Waals surface area (Å²) in [5.74, 6) is 1.05.